The van der Waals surface area contributed by atoms with Gasteiger partial charge in [-0.2, -0.15) is 0 Å². The van der Waals surface area contributed by atoms with E-state index in [1.807, 2.05) is 0 Å². The standard InChI is InChI=1S/C14H18ClNO3/c15-11-4-5-12(14(18)19)13(6-11)16-7-9-2-1-3-10(9)8-17/h4-6,9-10,16-17H,1-3,7-8H2,(H,18,19). The first-order valence-electron chi connectivity index (χ1n) is 6.49. The Hall–Kier alpha value is -1.26. The third kappa shape index (κ3) is 3.39. The Kier molecular flexibility index (Phi) is 4.66. The fourth-order valence-electron chi connectivity index (χ4n) is 2.71. The quantitative estimate of drug-likeness (QED) is 0.777. The van der Waals surface area contributed by atoms with E-state index in [1.165, 1.54) is 6.07 Å². The van der Waals surface area contributed by atoms with E-state index in [2.05, 4.69) is 5.32 Å². The number of hydrogen-bond acceptors (Lipinski definition) is 3. The summed E-state index contributed by atoms with van der Waals surface area (Å²) in [7, 11) is 0. The summed E-state index contributed by atoms with van der Waals surface area (Å²) in [5.41, 5.74) is 0.770. The molecule has 0 heterocycles. The summed E-state index contributed by atoms with van der Waals surface area (Å²) in [4.78, 5) is 11.1. The molecule has 5 heteroatoms. The maximum absolute atomic E-state index is 11.1. The van der Waals surface area contributed by atoms with Gasteiger partial charge >= 0.3 is 5.97 Å². The molecule has 1 aromatic carbocycles. The van der Waals surface area contributed by atoms with Crippen LogP contribution in [0.4, 0.5) is 5.69 Å². The van der Waals surface area contributed by atoms with Gasteiger partial charge in [0.1, 0.15) is 0 Å². The normalized spacial score (nSPS) is 22.4. The van der Waals surface area contributed by atoms with Crippen molar-refractivity contribution in [3.8, 4) is 0 Å². The molecule has 0 spiro atoms. The summed E-state index contributed by atoms with van der Waals surface area (Å²) in [6.07, 6.45) is 3.24. The van der Waals surface area contributed by atoms with Crippen molar-refractivity contribution in [2.24, 2.45) is 11.8 Å². The third-order valence-electron chi connectivity index (χ3n) is 3.82. The van der Waals surface area contributed by atoms with E-state index >= 15 is 0 Å². The van der Waals surface area contributed by atoms with Crippen LogP contribution < -0.4 is 5.32 Å². The Morgan fingerprint density at radius 1 is 1.37 bits per heavy atom. The summed E-state index contributed by atoms with van der Waals surface area (Å²) in [6.45, 7) is 0.875. The Morgan fingerprint density at radius 2 is 2.11 bits per heavy atom. The van der Waals surface area contributed by atoms with Crippen LogP contribution in [0.5, 0.6) is 0 Å². The monoisotopic (exact) mass is 283 g/mol. The smallest absolute Gasteiger partial charge is 0.337 e. The van der Waals surface area contributed by atoms with Gasteiger partial charge in [-0.3, -0.25) is 0 Å². The van der Waals surface area contributed by atoms with Crippen molar-refractivity contribution in [1.29, 1.82) is 0 Å². The van der Waals surface area contributed by atoms with Crippen molar-refractivity contribution in [2.45, 2.75) is 19.3 Å². The van der Waals surface area contributed by atoms with Crippen LogP contribution in [0.25, 0.3) is 0 Å². The Labute approximate surface area is 117 Å². The van der Waals surface area contributed by atoms with Gasteiger partial charge in [-0.15, -0.1) is 0 Å². The molecule has 1 saturated carbocycles. The zero-order valence-corrected chi connectivity index (χ0v) is 11.4. The minimum atomic E-state index is -0.968. The number of nitrogens with one attached hydrogen (secondary N) is 1. The maximum Gasteiger partial charge on any atom is 0.337 e. The van der Waals surface area contributed by atoms with E-state index < -0.39 is 5.97 Å². The molecule has 2 atom stereocenters. The van der Waals surface area contributed by atoms with Crippen molar-refractivity contribution in [2.75, 3.05) is 18.5 Å². The van der Waals surface area contributed by atoms with Gasteiger partial charge in [-0.25, -0.2) is 4.79 Å². The van der Waals surface area contributed by atoms with Crippen LogP contribution in [0.3, 0.4) is 0 Å². The molecule has 1 fully saturated rings. The summed E-state index contributed by atoms with van der Waals surface area (Å²) < 4.78 is 0. The molecular formula is C14H18ClNO3. The molecule has 0 saturated heterocycles. The lowest BCUT2D eigenvalue weighted by atomic mass is 9.97. The van der Waals surface area contributed by atoms with Crippen LogP contribution in [0.2, 0.25) is 5.02 Å². The van der Waals surface area contributed by atoms with Crippen molar-refractivity contribution in [3.63, 3.8) is 0 Å². The predicted molar refractivity (Wildman–Crippen MR) is 74.8 cm³/mol. The van der Waals surface area contributed by atoms with Crippen LogP contribution in [0, 0.1) is 11.8 Å². The van der Waals surface area contributed by atoms with Gasteiger partial charge in [0.2, 0.25) is 0 Å². The van der Waals surface area contributed by atoms with Gasteiger partial charge in [0, 0.05) is 18.2 Å². The molecule has 1 aliphatic carbocycles. The molecule has 0 bridgehead atoms. The fraction of sp³-hybridized carbons (Fsp3) is 0.500. The lowest BCUT2D eigenvalue weighted by molar-refractivity contribution is 0.0698. The Morgan fingerprint density at radius 3 is 2.79 bits per heavy atom. The minimum Gasteiger partial charge on any atom is -0.478 e. The molecule has 1 aliphatic rings. The van der Waals surface area contributed by atoms with Gasteiger partial charge in [-0.05, 0) is 42.9 Å². The largest absolute Gasteiger partial charge is 0.478 e. The number of carboxylic acid groups (broad SMARTS) is 1. The Bertz CT molecular complexity index is 464. The number of aliphatic hydroxyl groups excluding tert-OH is 1. The molecule has 3 N–H and O–H groups in total. The highest BCUT2D eigenvalue weighted by Crippen LogP contribution is 2.32. The minimum absolute atomic E-state index is 0.202. The fourth-order valence-corrected chi connectivity index (χ4v) is 2.89. The molecule has 4 nitrogen and oxygen atoms in total. The molecular weight excluding hydrogens is 266 g/mol. The number of benzene rings is 1. The highest BCUT2D eigenvalue weighted by molar-refractivity contribution is 6.31. The number of carbonyl (C=O) groups is 1. The topological polar surface area (TPSA) is 69.6 Å². The summed E-state index contributed by atoms with van der Waals surface area (Å²) in [5.74, 6) is -0.255. The van der Waals surface area contributed by atoms with Gasteiger partial charge in [0.15, 0.2) is 0 Å². The van der Waals surface area contributed by atoms with E-state index in [0.29, 0.717) is 29.1 Å². The van der Waals surface area contributed by atoms with Crippen LogP contribution in [-0.2, 0) is 0 Å². The molecule has 0 aromatic heterocycles. The second-order valence-electron chi connectivity index (χ2n) is 5.01. The number of anilines is 1. The molecule has 2 unspecified atom stereocenters. The lowest BCUT2D eigenvalue weighted by Gasteiger charge is -2.19. The van der Waals surface area contributed by atoms with Crippen molar-refractivity contribution in [3.05, 3.63) is 28.8 Å². The first-order valence-corrected chi connectivity index (χ1v) is 6.87. The average molecular weight is 284 g/mol. The zero-order valence-electron chi connectivity index (χ0n) is 10.6. The average Bonchev–Trinajstić information content (AvgIpc) is 2.83. The van der Waals surface area contributed by atoms with Crippen molar-refractivity contribution < 1.29 is 15.0 Å². The first-order chi connectivity index (χ1) is 9.11. The van der Waals surface area contributed by atoms with Gasteiger partial charge in [-0.1, -0.05) is 18.0 Å². The van der Waals surface area contributed by atoms with Gasteiger partial charge in [0.25, 0.3) is 0 Å². The second kappa shape index (κ2) is 6.26. The molecule has 0 radical (unpaired) electrons. The zero-order chi connectivity index (χ0) is 13.8. The number of rotatable bonds is 5. The van der Waals surface area contributed by atoms with Crippen LogP contribution in [0.15, 0.2) is 18.2 Å². The van der Waals surface area contributed by atoms with E-state index in [0.717, 1.165) is 19.3 Å². The maximum atomic E-state index is 11.1. The highest BCUT2D eigenvalue weighted by Gasteiger charge is 2.26. The van der Waals surface area contributed by atoms with Crippen molar-refractivity contribution >= 4 is 23.3 Å². The molecule has 1 aromatic rings. The number of aromatic carboxylic acids is 1. The second-order valence-corrected chi connectivity index (χ2v) is 5.45. The summed E-state index contributed by atoms with van der Waals surface area (Å²) >= 11 is 5.90. The molecule has 0 aliphatic heterocycles. The Balaban J connectivity index is 2.06. The number of hydrogen-bond donors (Lipinski definition) is 3. The van der Waals surface area contributed by atoms with E-state index in [-0.39, 0.29) is 12.2 Å². The van der Waals surface area contributed by atoms with Crippen LogP contribution in [0.1, 0.15) is 29.6 Å². The summed E-state index contributed by atoms with van der Waals surface area (Å²) in [6, 6.07) is 4.71. The first kappa shape index (κ1) is 14.2. The summed E-state index contributed by atoms with van der Waals surface area (Å²) in [5, 5.41) is 22.1. The van der Waals surface area contributed by atoms with E-state index in [4.69, 9.17) is 16.7 Å². The van der Waals surface area contributed by atoms with Crippen molar-refractivity contribution in [1.82, 2.24) is 0 Å². The third-order valence-corrected chi connectivity index (χ3v) is 4.05. The molecule has 19 heavy (non-hydrogen) atoms. The SMILES string of the molecule is O=C(O)c1ccc(Cl)cc1NCC1CCCC1CO. The van der Waals surface area contributed by atoms with Crippen LogP contribution in [-0.4, -0.2) is 29.3 Å². The number of halogens is 1. The van der Waals surface area contributed by atoms with E-state index in [1.54, 1.807) is 12.1 Å². The van der Waals surface area contributed by atoms with Gasteiger partial charge in [0.05, 0.1) is 11.3 Å². The predicted octanol–water partition coefficient (Wildman–Crippen LogP) is 2.86. The molecule has 104 valence electrons. The molecule has 0 amide bonds. The van der Waals surface area contributed by atoms with Gasteiger partial charge < -0.3 is 15.5 Å². The highest BCUT2D eigenvalue weighted by atomic mass is 35.5. The van der Waals surface area contributed by atoms with E-state index in [9.17, 15) is 9.90 Å². The number of aliphatic hydroxyl groups is 1. The molecule has 2 rings (SSSR count). The number of carboxylic acids is 1. The van der Waals surface area contributed by atoms with Crippen LogP contribution >= 0.6 is 11.6 Å². The lowest BCUT2D eigenvalue weighted by Crippen LogP contribution is -2.21.